The molecule has 0 fully saturated rings. The summed E-state index contributed by atoms with van der Waals surface area (Å²) in [5, 5.41) is 13.9. The number of furan rings is 1. The molecule has 1 N–H and O–H groups in total. The van der Waals surface area contributed by atoms with E-state index in [1.807, 2.05) is 6.92 Å². The van der Waals surface area contributed by atoms with Gasteiger partial charge in [-0.3, -0.25) is 9.59 Å². The minimum Gasteiger partial charge on any atom is -0.868 e. The Labute approximate surface area is 210 Å². The average Bonchev–Trinajstić information content (AvgIpc) is 3.44. The molecule has 1 unspecified atom stereocenters. The van der Waals surface area contributed by atoms with Crippen LogP contribution in [0.15, 0.2) is 64.3 Å². The SMILES string of the molecule is CCOc1ccc(C2C(C(=O)c3cc4cccc(OC)c4o3)=C([O-])C(=O)N2CC[NH+](CC)CC)cc1. The molecule has 1 amide bonds. The first-order valence-electron chi connectivity index (χ1n) is 12.3. The number of quaternary nitrogens is 1. The highest BCUT2D eigenvalue weighted by molar-refractivity contribution is 6.16. The van der Waals surface area contributed by atoms with E-state index >= 15 is 0 Å². The topological polar surface area (TPSA) is 96.5 Å². The van der Waals surface area contributed by atoms with E-state index in [2.05, 4.69) is 13.8 Å². The first-order chi connectivity index (χ1) is 17.4. The minimum absolute atomic E-state index is 0.00203. The number of fused-ring (bicyclic) bond motifs is 1. The van der Waals surface area contributed by atoms with Gasteiger partial charge in [0, 0.05) is 11.0 Å². The van der Waals surface area contributed by atoms with Crippen LogP contribution < -0.4 is 19.5 Å². The summed E-state index contributed by atoms with van der Waals surface area (Å²) >= 11 is 0. The van der Waals surface area contributed by atoms with Crippen LogP contribution in [0.2, 0.25) is 0 Å². The number of hydrogen-bond acceptors (Lipinski definition) is 6. The van der Waals surface area contributed by atoms with Crippen LogP contribution in [0.25, 0.3) is 11.0 Å². The third-order valence-corrected chi connectivity index (χ3v) is 6.69. The third kappa shape index (κ3) is 4.68. The van der Waals surface area contributed by atoms with E-state index < -0.39 is 23.5 Å². The molecule has 0 aliphatic carbocycles. The van der Waals surface area contributed by atoms with Crippen LogP contribution in [0.4, 0.5) is 0 Å². The molecule has 1 aliphatic rings. The summed E-state index contributed by atoms with van der Waals surface area (Å²) in [5.41, 5.74) is 0.987. The van der Waals surface area contributed by atoms with Crippen molar-refractivity contribution in [2.45, 2.75) is 26.8 Å². The number of amides is 1. The number of nitrogens with one attached hydrogen (secondary N) is 1. The second-order valence-corrected chi connectivity index (χ2v) is 8.67. The zero-order chi connectivity index (χ0) is 25.8. The highest BCUT2D eigenvalue weighted by Crippen LogP contribution is 2.39. The third-order valence-electron chi connectivity index (χ3n) is 6.69. The van der Waals surface area contributed by atoms with Crippen LogP contribution in [-0.4, -0.2) is 56.5 Å². The number of Topliss-reactive ketones (excluding diaryl/α,β-unsaturated/α-hetero) is 1. The summed E-state index contributed by atoms with van der Waals surface area (Å²) in [6.07, 6.45) is 0. The van der Waals surface area contributed by atoms with Gasteiger partial charge in [-0.2, -0.15) is 0 Å². The molecule has 190 valence electrons. The van der Waals surface area contributed by atoms with Crippen molar-refractivity contribution in [2.75, 3.05) is 39.9 Å². The molecule has 0 spiro atoms. The van der Waals surface area contributed by atoms with Gasteiger partial charge in [-0.1, -0.05) is 24.3 Å². The van der Waals surface area contributed by atoms with Gasteiger partial charge in [-0.05, 0) is 56.4 Å². The normalized spacial score (nSPS) is 15.9. The number of ether oxygens (including phenoxy) is 2. The molecule has 4 rings (SSSR count). The molecular weight excluding hydrogens is 460 g/mol. The van der Waals surface area contributed by atoms with Crippen molar-refractivity contribution in [1.82, 2.24) is 4.90 Å². The summed E-state index contributed by atoms with van der Waals surface area (Å²) in [4.78, 5) is 29.7. The maximum atomic E-state index is 13.7. The fraction of sp³-hybridized carbons (Fsp3) is 0.357. The minimum atomic E-state index is -0.807. The van der Waals surface area contributed by atoms with Gasteiger partial charge in [0.15, 0.2) is 17.1 Å². The lowest BCUT2D eigenvalue weighted by molar-refractivity contribution is -0.895. The molecule has 3 aromatic rings. The summed E-state index contributed by atoms with van der Waals surface area (Å²) in [5.74, 6) is -0.898. The zero-order valence-corrected chi connectivity index (χ0v) is 21.1. The van der Waals surface area contributed by atoms with Crippen LogP contribution in [0.5, 0.6) is 11.5 Å². The van der Waals surface area contributed by atoms with Gasteiger partial charge in [-0.25, -0.2) is 0 Å². The second kappa shape index (κ2) is 10.9. The van der Waals surface area contributed by atoms with Gasteiger partial charge in [0.2, 0.25) is 11.7 Å². The number of carbonyl (C=O) groups is 2. The van der Waals surface area contributed by atoms with Gasteiger partial charge >= 0.3 is 0 Å². The quantitative estimate of drug-likeness (QED) is 0.412. The fourth-order valence-electron chi connectivity index (χ4n) is 4.68. The molecule has 0 saturated heterocycles. The number of para-hydroxylation sites is 1. The van der Waals surface area contributed by atoms with Crippen molar-refractivity contribution in [3.05, 3.63) is 71.2 Å². The average molecular weight is 493 g/mol. The Morgan fingerprint density at radius 2 is 1.83 bits per heavy atom. The van der Waals surface area contributed by atoms with Crippen molar-refractivity contribution >= 4 is 22.7 Å². The summed E-state index contributed by atoms with van der Waals surface area (Å²) < 4.78 is 16.7. The maximum Gasteiger partial charge on any atom is 0.240 e. The molecule has 2 aromatic carbocycles. The highest BCUT2D eigenvalue weighted by atomic mass is 16.5. The number of likely N-dealkylation sites (N-methyl/N-ethyl adjacent to an activating group) is 1. The zero-order valence-electron chi connectivity index (χ0n) is 21.1. The monoisotopic (exact) mass is 492 g/mol. The van der Waals surface area contributed by atoms with E-state index in [4.69, 9.17) is 13.9 Å². The van der Waals surface area contributed by atoms with Crippen LogP contribution in [0.1, 0.15) is 42.9 Å². The molecular formula is C28H32N2O6. The lowest BCUT2D eigenvalue weighted by atomic mass is 9.95. The highest BCUT2D eigenvalue weighted by Gasteiger charge is 2.40. The molecule has 1 atom stereocenters. The van der Waals surface area contributed by atoms with E-state index in [1.54, 1.807) is 48.5 Å². The predicted octanol–water partition coefficient (Wildman–Crippen LogP) is 2.15. The number of nitrogens with zero attached hydrogens (tertiary/aromatic N) is 1. The molecule has 8 nitrogen and oxygen atoms in total. The molecule has 36 heavy (non-hydrogen) atoms. The van der Waals surface area contributed by atoms with Crippen LogP contribution in [0, 0.1) is 0 Å². The Morgan fingerprint density at radius 1 is 1.11 bits per heavy atom. The van der Waals surface area contributed by atoms with Crippen LogP contribution >= 0.6 is 0 Å². The molecule has 0 radical (unpaired) electrons. The van der Waals surface area contributed by atoms with E-state index in [0.29, 0.717) is 47.7 Å². The number of benzene rings is 2. The Balaban J connectivity index is 1.75. The van der Waals surface area contributed by atoms with Crippen molar-refractivity contribution in [3.8, 4) is 11.5 Å². The van der Waals surface area contributed by atoms with E-state index in [-0.39, 0.29) is 11.3 Å². The molecule has 2 heterocycles. The Kier molecular flexibility index (Phi) is 7.64. The smallest absolute Gasteiger partial charge is 0.240 e. The standard InChI is InChI=1S/C28H32N2O6/c1-5-29(6-2)15-16-30-24(18-11-13-20(14-12-18)35-7-3)23(26(32)28(30)33)25(31)22-17-19-9-8-10-21(34-4)27(19)36-22/h8-14,17,24,32H,5-7,15-16H2,1-4H3. The van der Waals surface area contributed by atoms with E-state index in [0.717, 1.165) is 13.1 Å². The molecule has 1 aliphatic heterocycles. The van der Waals surface area contributed by atoms with Gasteiger partial charge in [0.1, 0.15) is 5.75 Å². The van der Waals surface area contributed by atoms with Gasteiger partial charge in [0.25, 0.3) is 0 Å². The van der Waals surface area contributed by atoms with Crippen LogP contribution in [0.3, 0.4) is 0 Å². The van der Waals surface area contributed by atoms with Crippen molar-refractivity contribution in [1.29, 1.82) is 0 Å². The molecule has 0 saturated carbocycles. The lowest BCUT2D eigenvalue weighted by Gasteiger charge is -2.29. The number of rotatable bonds is 11. The van der Waals surface area contributed by atoms with Crippen molar-refractivity contribution in [3.63, 3.8) is 0 Å². The van der Waals surface area contributed by atoms with Gasteiger partial charge in [0.05, 0.1) is 45.9 Å². The molecule has 0 bridgehead atoms. The van der Waals surface area contributed by atoms with E-state index in [1.165, 1.54) is 16.9 Å². The van der Waals surface area contributed by atoms with Crippen LogP contribution in [-0.2, 0) is 4.79 Å². The first-order valence-corrected chi connectivity index (χ1v) is 12.3. The van der Waals surface area contributed by atoms with Gasteiger partial charge in [-0.15, -0.1) is 0 Å². The lowest BCUT2D eigenvalue weighted by Crippen LogP contribution is -3.12. The predicted molar refractivity (Wildman–Crippen MR) is 133 cm³/mol. The molecule has 8 heteroatoms. The first kappa shape index (κ1) is 25.3. The van der Waals surface area contributed by atoms with Gasteiger partial charge < -0.3 is 28.8 Å². The maximum absolute atomic E-state index is 13.7. The molecule has 1 aromatic heterocycles. The second-order valence-electron chi connectivity index (χ2n) is 8.67. The number of ketones is 1. The van der Waals surface area contributed by atoms with Crippen molar-refractivity contribution < 1.29 is 33.5 Å². The largest absolute Gasteiger partial charge is 0.868 e. The Bertz CT molecular complexity index is 1270. The number of hydrogen-bond donors (Lipinski definition) is 1. The Hall–Kier alpha value is -3.78. The summed E-state index contributed by atoms with van der Waals surface area (Å²) in [6, 6.07) is 13.3. The number of methoxy groups -OCH3 is 1. The summed E-state index contributed by atoms with van der Waals surface area (Å²) in [6.45, 7) is 9.39. The van der Waals surface area contributed by atoms with Crippen molar-refractivity contribution in [2.24, 2.45) is 0 Å². The number of carbonyl (C=O) groups excluding carboxylic acids is 2. The Morgan fingerprint density at radius 3 is 2.47 bits per heavy atom. The fourth-order valence-corrected chi connectivity index (χ4v) is 4.68. The summed E-state index contributed by atoms with van der Waals surface area (Å²) in [7, 11) is 1.52. The van der Waals surface area contributed by atoms with E-state index in [9.17, 15) is 14.7 Å².